The van der Waals surface area contributed by atoms with Gasteiger partial charge in [-0.2, -0.15) is 0 Å². The highest BCUT2D eigenvalue weighted by atomic mass is 16.6. The van der Waals surface area contributed by atoms with E-state index in [0.717, 1.165) is 44.1 Å². The van der Waals surface area contributed by atoms with E-state index in [1.165, 1.54) is 0 Å². The van der Waals surface area contributed by atoms with Crippen molar-refractivity contribution in [3.63, 3.8) is 0 Å². The summed E-state index contributed by atoms with van der Waals surface area (Å²) in [7, 11) is 1.82. The number of carbonyl (C=O) groups is 2. The molecule has 2 saturated heterocycles. The van der Waals surface area contributed by atoms with Crippen molar-refractivity contribution in [1.82, 2.24) is 20.2 Å². The minimum atomic E-state index is -0.510. The molecule has 0 aromatic carbocycles. The van der Waals surface area contributed by atoms with Crippen LogP contribution in [0.15, 0.2) is 12.4 Å². The fraction of sp³-hybridized carbons (Fsp3) is 0.714. The third-order valence-corrected chi connectivity index (χ3v) is 5.65. The first-order valence-electron chi connectivity index (χ1n) is 10.7. The lowest BCUT2D eigenvalue weighted by molar-refractivity contribution is -0.129. The van der Waals surface area contributed by atoms with Crippen LogP contribution in [0.5, 0.6) is 0 Å². The Hall–Kier alpha value is -2.58. The van der Waals surface area contributed by atoms with Crippen molar-refractivity contribution >= 4 is 23.6 Å². The summed E-state index contributed by atoms with van der Waals surface area (Å²) in [5, 5.41) is 2.98. The molecule has 2 amide bonds. The molecule has 2 atom stereocenters. The van der Waals surface area contributed by atoms with E-state index < -0.39 is 5.60 Å². The van der Waals surface area contributed by atoms with Crippen LogP contribution in [0, 0.1) is 5.92 Å². The molecule has 0 spiro atoms. The highest BCUT2D eigenvalue weighted by molar-refractivity contribution is 5.82. The number of hydrogen-bond donors (Lipinski definition) is 1. The van der Waals surface area contributed by atoms with Crippen LogP contribution in [0.2, 0.25) is 0 Å². The Kier molecular flexibility index (Phi) is 6.67. The smallest absolute Gasteiger partial charge is 0.407 e. The van der Waals surface area contributed by atoms with Crippen molar-refractivity contribution in [2.75, 3.05) is 49.6 Å². The van der Waals surface area contributed by atoms with Crippen molar-refractivity contribution in [3.05, 3.63) is 12.4 Å². The van der Waals surface area contributed by atoms with Gasteiger partial charge in [0.1, 0.15) is 23.6 Å². The second-order valence-corrected chi connectivity index (χ2v) is 9.25. The van der Waals surface area contributed by atoms with Crippen molar-refractivity contribution in [3.8, 4) is 0 Å². The first-order valence-corrected chi connectivity index (χ1v) is 10.7. The number of likely N-dealkylation sites (N-methyl/N-ethyl adjacent to an activating group) is 1. The molecule has 9 nitrogen and oxygen atoms in total. The van der Waals surface area contributed by atoms with E-state index >= 15 is 0 Å². The van der Waals surface area contributed by atoms with E-state index in [-0.39, 0.29) is 18.0 Å². The van der Waals surface area contributed by atoms with Gasteiger partial charge in [-0.1, -0.05) is 0 Å². The second kappa shape index (κ2) is 9.06. The van der Waals surface area contributed by atoms with Crippen molar-refractivity contribution < 1.29 is 14.3 Å². The summed E-state index contributed by atoms with van der Waals surface area (Å²) in [5.41, 5.74) is -0.510. The first-order chi connectivity index (χ1) is 14.1. The molecule has 3 rings (SSSR count). The molecule has 2 fully saturated rings. The molecule has 9 heteroatoms. The number of piperidine rings is 1. The summed E-state index contributed by atoms with van der Waals surface area (Å²) >= 11 is 0. The predicted molar refractivity (Wildman–Crippen MR) is 116 cm³/mol. The summed E-state index contributed by atoms with van der Waals surface area (Å²) in [6.45, 7) is 11.1. The maximum atomic E-state index is 12.1. The standard InChI is InChI=1S/C21H34N6O3/c1-15(24-20(29)30-21(2,3)4)16-7-6-8-26(12-16)17-11-18(23-14-22-17)27-10-9-25(5)19(28)13-27/h11,14-16H,6-10,12-13H2,1-5H3,(H,24,29)/t15-,16+/m1/s1. The van der Waals surface area contributed by atoms with Crippen LogP contribution in [0.3, 0.4) is 0 Å². The van der Waals surface area contributed by atoms with E-state index in [0.29, 0.717) is 19.0 Å². The van der Waals surface area contributed by atoms with Gasteiger partial charge >= 0.3 is 6.09 Å². The third-order valence-electron chi connectivity index (χ3n) is 5.65. The maximum absolute atomic E-state index is 12.1. The summed E-state index contributed by atoms with van der Waals surface area (Å²) in [6.07, 6.45) is 3.26. The van der Waals surface area contributed by atoms with Crippen LogP contribution in [0.1, 0.15) is 40.5 Å². The lowest BCUT2D eigenvalue weighted by Gasteiger charge is -2.37. The Morgan fingerprint density at radius 2 is 1.90 bits per heavy atom. The minimum Gasteiger partial charge on any atom is -0.444 e. The average Bonchev–Trinajstić information content (AvgIpc) is 2.69. The normalized spacial score (nSPS) is 21.4. The lowest BCUT2D eigenvalue weighted by Crippen LogP contribution is -2.49. The number of piperazine rings is 1. The number of alkyl carbamates (subject to hydrolysis) is 1. The molecule has 1 N–H and O–H groups in total. The summed E-state index contributed by atoms with van der Waals surface area (Å²) in [6, 6.07) is 1.96. The van der Waals surface area contributed by atoms with Crippen LogP contribution < -0.4 is 15.1 Å². The number of carbonyl (C=O) groups excluding carboxylic acids is 2. The van der Waals surface area contributed by atoms with Crippen LogP contribution in [0.25, 0.3) is 0 Å². The van der Waals surface area contributed by atoms with E-state index in [4.69, 9.17) is 4.74 Å². The number of hydrogen-bond acceptors (Lipinski definition) is 7. The van der Waals surface area contributed by atoms with Gasteiger partial charge in [-0.25, -0.2) is 14.8 Å². The average molecular weight is 419 g/mol. The SMILES string of the molecule is C[C@@H](NC(=O)OC(C)(C)C)[C@H]1CCCN(c2cc(N3CCN(C)C(=O)C3)ncn2)C1. The maximum Gasteiger partial charge on any atom is 0.407 e. The summed E-state index contributed by atoms with van der Waals surface area (Å²) in [4.78, 5) is 39.0. The Labute approximate surface area is 178 Å². The Balaban J connectivity index is 1.62. The molecule has 0 unspecified atom stereocenters. The number of rotatable bonds is 4. The van der Waals surface area contributed by atoms with Crippen LogP contribution in [-0.4, -0.2) is 78.3 Å². The van der Waals surface area contributed by atoms with Crippen LogP contribution in [0.4, 0.5) is 16.4 Å². The zero-order valence-corrected chi connectivity index (χ0v) is 18.7. The highest BCUT2D eigenvalue weighted by Gasteiger charge is 2.29. The number of ether oxygens (including phenoxy) is 1. The fourth-order valence-electron chi connectivity index (χ4n) is 3.87. The molecule has 3 heterocycles. The molecular formula is C21H34N6O3. The minimum absolute atomic E-state index is 0.000731. The number of nitrogens with zero attached hydrogens (tertiary/aromatic N) is 5. The Bertz CT molecular complexity index is 765. The third kappa shape index (κ3) is 5.73. The Morgan fingerprint density at radius 3 is 2.57 bits per heavy atom. The topological polar surface area (TPSA) is 90.9 Å². The van der Waals surface area contributed by atoms with Crippen molar-refractivity contribution in [2.24, 2.45) is 5.92 Å². The highest BCUT2D eigenvalue weighted by Crippen LogP contribution is 2.26. The largest absolute Gasteiger partial charge is 0.444 e. The molecule has 0 radical (unpaired) electrons. The van der Waals surface area contributed by atoms with Gasteiger partial charge in [0.15, 0.2) is 0 Å². The molecule has 0 bridgehead atoms. The van der Waals surface area contributed by atoms with Crippen molar-refractivity contribution in [2.45, 2.75) is 52.2 Å². The van der Waals surface area contributed by atoms with Gasteiger partial charge in [0.05, 0.1) is 6.54 Å². The Morgan fingerprint density at radius 1 is 1.20 bits per heavy atom. The number of aromatic nitrogens is 2. The van der Waals surface area contributed by atoms with Gasteiger partial charge in [-0.3, -0.25) is 4.79 Å². The van der Waals surface area contributed by atoms with Gasteiger partial charge in [0.25, 0.3) is 0 Å². The van der Waals surface area contributed by atoms with Gasteiger partial charge in [-0.05, 0) is 46.5 Å². The van der Waals surface area contributed by atoms with Crippen LogP contribution in [-0.2, 0) is 9.53 Å². The van der Waals surface area contributed by atoms with Crippen LogP contribution >= 0.6 is 0 Å². The molecule has 30 heavy (non-hydrogen) atoms. The number of amides is 2. The first kappa shape index (κ1) is 22.1. The van der Waals surface area contributed by atoms with Gasteiger partial charge in [0.2, 0.25) is 5.91 Å². The monoisotopic (exact) mass is 418 g/mol. The second-order valence-electron chi connectivity index (χ2n) is 9.25. The fourth-order valence-corrected chi connectivity index (χ4v) is 3.87. The molecule has 1 aromatic heterocycles. The van der Waals surface area contributed by atoms with E-state index in [2.05, 4.69) is 20.2 Å². The molecular weight excluding hydrogens is 384 g/mol. The quantitative estimate of drug-likeness (QED) is 0.798. The molecule has 0 aliphatic carbocycles. The number of nitrogens with one attached hydrogen (secondary N) is 1. The van der Waals surface area contributed by atoms with Gasteiger partial charge < -0.3 is 24.8 Å². The van der Waals surface area contributed by atoms with E-state index in [1.807, 2.05) is 45.7 Å². The molecule has 2 aliphatic heterocycles. The zero-order valence-electron chi connectivity index (χ0n) is 18.7. The molecule has 0 saturated carbocycles. The van der Waals surface area contributed by atoms with Gasteiger partial charge in [0, 0.05) is 45.3 Å². The van der Waals surface area contributed by atoms with E-state index in [1.54, 1.807) is 11.2 Å². The lowest BCUT2D eigenvalue weighted by atomic mass is 9.91. The molecule has 1 aromatic rings. The summed E-state index contributed by atoms with van der Waals surface area (Å²) in [5.74, 6) is 2.04. The van der Waals surface area contributed by atoms with Crippen molar-refractivity contribution in [1.29, 1.82) is 0 Å². The van der Waals surface area contributed by atoms with E-state index in [9.17, 15) is 9.59 Å². The molecule has 2 aliphatic rings. The summed E-state index contributed by atoms with van der Waals surface area (Å²) < 4.78 is 5.39. The zero-order chi connectivity index (χ0) is 21.9. The number of anilines is 2. The predicted octanol–water partition coefficient (Wildman–Crippen LogP) is 1.88. The molecule has 166 valence electrons. The van der Waals surface area contributed by atoms with Gasteiger partial charge in [-0.15, -0.1) is 0 Å².